The Morgan fingerprint density at radius 2 is 1.63 bits per heavy atom. The van der Waals surface area contributed by atoms with Gasteiger partial charge in [0.2, 0.25) is 0 Å². The SMILES string of the molecule is CCN(Cc1ccc(C(=O)N(C)C)cc1)C(=O)C(C)Oc1ccc(Br)cc1. The van der Waals surface area contributed by atoms with E-state index in [0.29, 0.717) is 24.4 Å². The molecule has 0 radical (unpaired) electrons. The molecule has 1 unspecified atom stereocenters. The molecule has 0 aliphatic heterocycles. The zero-order valence-corrected chi connectivity index (χ0v) is 17.7. The molecule has 0 fully saturated rings. The Bertz CT molecular complexity index is 773. The van der Waals surface area contributed by atoms with Crippen LogP contribution in [-0.2, 0) is 11.3 Å². The molecule has 2 rings (SSSR count). The van der Waals surface area contributed by atoms with E-state index in [9.17, 15) is 9.59 Å². The highest BCUT2D eigenvalue weighted by atomic mass is 79.9. The summed E-state index contributed by atoms with van der Waals surface area (Å²) in [5.41, 5.74) is 1.60. The Balaban J connectivity index is 2.01. The van der Waals surface area contributed by atoms with E-state index in [0.717, 1.165) is 10.0 Å². The molecule has 0 heterocycles. The molecule has 0 saturated carbocycles. The minimum Gasteiger partial charge on any atom is -0.481 e. The van der Waals surface area contributed by atoms with Crippen molar-refractivity contribution in [1.29, 1.82) is 0 Å². The van der Waals surface area contributed by atoms with Crippen LogP contribution in [0.4, 0.5) is 0 Å². The largest absolute Gasteiger partial charge is 0.481 e. The number of likely N-dealkylation sites (N-methyl/N-ethyl adjacent to an activating group) is 1. The van der Waals surface area contributed by atoms with Gasteiger partial charge in [-0.1, -0.05) is 28.1 Å². The molecule has 0 saturated heterocycles. The van der Waals surface area contributed by atoms with Crippen molar-refractivity contribution in [2.45, 2.75) is 26.5 Å². The molecule has 0 spiro atoms. The Morgan fingerprint density at radius 3 is 2.15 bits per heavy atom. The molecule has 0 aromatic heterocycles. The number of amides is 2. The normalized spacial score (nSPS) is 11.6. The van der Waals surface area contributed by atoms with Gasteiger partial charge < -0.3 is 14.5 Å². The van der Waals surface area contributed by atoms with Gasteiger partial charge in [0.1, 0.15) is 5.75 Å². The van der Waals surface area contributed by atoms with Gasteiger partial charge in [0.15, 0.2) is 6.10 Å². The number of rotatable bonds is 7. The summed E-state index contributed by atoms with van der Waals surface area (Å²) in [6.45, 7) is 4.74. The molecule has 27 heavy (non-hydrogen) atoms. The molecule has 2 aromatic rings. The standard InChI is InChI=1S/C21H25BrN2O3/c1-5-24(14-16-6-8-17(9-7-16)21(26)23(3)4)20(25)15(2)27-19-12-10-18(22)11-13-19/h6-13,15H,5,14H2,1-4H3. The first-order valence-corrected chi connectivity index (χ1v) is 9.62. The first-order chi connectivity index (χ1) is 12.8. The van der Waals surface area contributed by atoms with Crippen molar-refractivity contribution in [2.24, 2.45) is 0 Å². The molecule has 2 aromatic carbocycles. The summed E-state index contributed by atoms with van der Waals surface area (Å²) in [5, 5.41) is 0. The van der Waals surface area contributed by atoms with Gasteiger partial charge in [-0.25, -0.2) is 0 Å². The highest BCUT2D eigenvalue weighted by molar-refractivity contribution is 9.10. The van der Waals surface area contributed by atoms with Crippen LogP contribution in [0, 0.1) is 0 Å². The van der Waals surface area contributed by atoms with E-state index in [1.807, 2.05) is 43.3 Å². The second-order valence-corrected chi connectivity index (χ2v) is 7.38. The van der Waals surface area contributed by atoms with Crippen molar-refractivity contribution >= 4 is 27.7 Å². The summed E-state index contributed by atoms with van der Waals surface area (Å²) in [5.74, 6) is 0.539. The Morgan fingerprint density at radius 1 is 1.04 bits per heavy atom. The van der Waals surface area contributed by atoms with Crippen molar-refractivity contribution in [3.8, 4) is 5.75 Å². The van der Waals surface area contributed by atoms with Gasteiger partial charge in [-0.2, -0.15) is 0 Å². The summed E-state index contributed by atoms with van der Waals surface area (Å²) >= 11 is 3.38. The minimum atomic E-state index is -0.583. The topological polar surface area (TPSA) is 49.9 Å². The molecule has 0 bridgehead atoms. The molecular weight excluding hydrogens is 408 g/mol. The van der Waals surface area contributed by atoms with Gasteiger partial charge in [0, 0.05) is 37.2 Å². The van der Waals surface area contributed by atoms with Crippen LogP contribution in [0.25, 0.3) is 0 Å². The number of carbonyl (C=O) groups is 2. The average Bonchev–Trinajstić information content (AvgIpc) is 2.67. The number of hydrogen-bond acceptors (Lipinski definition) is 3. The summed E-state index contributed by atoms with van der Waals surface area (Å²) in [6, 6.07) is 14.7. The maximum Gasteiger partial charge on any atom is 0.263 e. The second-order valence-electron chi connectivity index (χ2n) is 6.46. The smallest absolute Gasteiger partial charge is 0.263 e. The quantitative estimate of drug-likeness (QED) is 0.664. The number of carbonyl (C=O) groups excluding carboxylic acids is 2. The average molecular weight is 433 g/mol. The second kappa shape index (κ2) is 9.55. The highest BCUT2D eigenvalue weighted by Gasteiger charge is 2.21. The monoisotopic (exact) mass is 432 g/mol. The number of ether oxygens (including phenoxy) is 1. The molecular formula is C21H25BrN2O3. The van der Waals surface area contributed by atoms with Crippen LogP contribution in [0.1, 0.15) is 29.8 Å². The van der Waals surface area contributed by atoms with Crippen LogP contribution >= 0.6 is 15.9 Å². The van der Waals surface area contributed by atoms with Gasteiger partial charge >= 0.3 is 0 Å². The number of nitrogens with zero attached hydrogens (tertiary/aromatic N) is 2. The molecule has 1 atom stereocenters. The van der Waals surface area contributed by atoms with E-state index in [4.69, 9.17) is 4.74 Å². The third-order valence-corrected chi connectivity index (χ3v) is 4.68. The van der Waals surface area contributed by atoms with Crippen molar-refractivity contribution in [3.05, 3.63) is 64.1 Å². The third-order valence-electron chi connectivity index (χ3n) is 4.15. The van der Waals surface area contributed by atoms with Crippen molar-refractivity contribution < 1.29 is 14.3 Å². The fourth-order valence-electron chi connectivity index (χ4n) is 2.60. The van der Waals surface area contributed by atoms with Crippen LogP contribution in [0.2, 0.25) is 0 Å². The van der Waals surface area contributed by atoms with Gasteiger partial charge in [-0.3, -0.25) is 9.59 Å². The van der Waals surface area contributed by atoms with Gasteiger partial charge in [0.25, 0.3) is 11.8 Å². The number of halogens is 1. The lowest BCUT2D eigenvalue weighted by atomic mass is 10.1. The molecule has 0 aliphatic rings. The lowest BCUT2D eigenvalue weighted by Gasteiger charge is -2.25. The zero-order valence-electron chi connectivity index (χ0n) is 16.1. The predicted molar refractivity (Wildman–Crippen MR) is 110 cm³/mol. The van der Waals surface area contributed by atoms with Crippen molar-refractivity contribution in [2.75, 3.05) is 20.6 Å². The van der Waals surface area contributed by atoms with E-state index in [1.54, 1.807) is 38.1 Å². The Kier molecular flexibility index (Phi) is 7.42. The molecule has 0 N–H and O–H groups in total. The summed E-state index contributed by atoms with van der Waals surface area (Å²) < 4.78 is 6.72. The first kappa shape index (κ1) is 21.0. The predicted octanol–water partition coefficient (Wildman–Crippen LogP) is 3.97. The van der Waals surface area contributed by atoms with Gasteiger partial charge in [0.05, 0.1) is 0 Å². The molecule has 5 nitrogen and oxygen atoms in total. The van der Waals surface area contributed by atoms with E-state index in [2.05, 4.69) is 15.9 Å². The van der Waals surface area contributed by atoms with Gasteiger partial charge in [-0.15, -0.1) is 0 Å². The van der Waals surface area contributed by atoms with E-state index >= 15 is 0 Å². The van der Waals surface area contributed by atoms with E-state index < -0.39 is 6.10 Å². The molecule has 6 heteroatoms. The molecule has 0 aliphatic carbocycles. The number of hydrogen-bond donors (Lipinski definition) is 0. The highest BCUT2D eigenvalue weighted by Crippen LogP contribution is 2.18. The van der Waals surface area contributed by atoms with E-state index in [-0.39, 0.29) is 11.8 Å². The fourth-order valence-corrected chi connectivity index (χ4v) is 2.87. The minimum absolute atomic E-state index is 0.0403. The van der Waals surface area contributed by atoms with Crippen LogP contribution < -0.4 is 4.74 Å². The summed E-state index contributed by atoms with van der Waals surface area (Å²) in [4.78, 5) is 28.0. The van der Waals surface area contributed by atoms with Gasteiger partial charge in [-0.05, 0) is 55.8 Å². The summed E-state index contributed by atoms with van der Waals surface area (Å²) in [7, 11) is 3.45. The van der Waals surface area contributed by atoms with Crippen LogP contribution in [0.15, 0.2) is 53.0 Å². The van der Waals surface area contributed by atoms with Crippen LogP contribution in [-0.4, -0.2) is 48.4 Å². The number of benzene rings is 2. The lowest BCUT2D eigenvalue weighted by Crippen LogP contribution is -2.40. The first-order valence-electron chi connectivity index (χ1n) is 8.83. The van der Waals surface area contributed by atoms with Crippen molar-refractivity contribution in [1.82, 2.24) is 9.80 Å². The lowest BCUT2D eigenvalue weighted by molar-refractivity contribution is -0.138. The summed E-state index contributed by atoms with van der Waals surface area (Å²) in [6.07, 6.45) is -0.583. The maximum absolute atomic E-state index is 12.7. The third kappa shape index (κ3) is 5.82. The zero-order chi connectivity index (χ0) is 20.0. The maximum atomic E-state index is 12.7. The van der Waals surface area contributed by atoms with Crippen LogP contribution in [0.5, 0.6) is 5.75 Å². The van der Waals surface area contributed by atoms with E-state index in [1.165, 1.54) is 4.90 Å². The Labute approximate surface area is 169 Å². The fraction of sp³-hybridized carbons (Fsp3) is 0.333. The molecule has 144 valence electrons. The molecule has 2 amide bonds. The van der Waals surface area contributed by atoms with Crippen molar-refractivity contribution in [3.63, 3.8) is 0 Å². The van der Waals surface area contributed by atoms with Crippen LogP contribution in [0.3, 0.4) is 0 Å². The Hall–Kier alpha value is -2.34.